The highest BCUT2D eigenvalue weighted by atomic mass is 32.2. The van der Waals surface area contributed by atoms with Crippen LogP contribution in [0.2, 0.25) is 0 Å². The molecule has 17 heavy (non-hydrogen) atoms. The zero-order valence-corrected chi connectivity index (χ0v) is 9.86. The normalized spacial score (nSPS) is 10.5. The lowest BCUT2D eigenvalue weighted by Gasteiger charge is -2.00. The molecule has 0 bridgehead atoms. The second kappa shape index (κ2) is 5.07. The molecule has 0 aliphatic carbocycles. The van der Waals surface area contributed by atoms with Crippen molar-refractivity contribution in [1.82, 2.24) is 19.9 Å². The minimum absolute atomic E-state index is 0.0928. The predicted octanol–water partition coefficient (Wildman–Crippen LogP) is 0.512. The molecule has 0 spiro atoms. The molecule has 0 saturated carbocycles. The average Bonchev–Trinajstić information content (AvgIpc) is 2.28. The van der Waals surface area contributed by atoms with Crippen LogP contribution < -0.4 is 5.56 Å². The van der Waals surface area contributed by atoms with Gasteiger partial charge in [0.25, 0.3) is 5.56 Å². The minimum atomic E-state index is -0.202. The Morgan fingerprint density at radius 2 is 2.12 bits per heavy atom. The standard InChI is InChI=1S/C10H10N4O2S/c1-6-2-8(16)14-10(13-6)17-9-11-3-7(5-15)4-12-9/h2-4,15H,5H2,1H3,(H,13,14,16). The van der Waals surface area contributed by atoms with Crippen LogP contribution in [0.1, 0.15) is 11.3 Å². The van der Waals surface area contributed by atoms with E-state index in [1.54, 1.807) is 6.92 Å². The summed E-state index contributed by atoms with van der Waals surface area (Å²) in [7, 11) is 0. The first-order valence-corrected chi connectivity index (χ1v) is 5.66. The van der Waals surface area contributed by atoms with E-state index in [1.807, 2.05) is 0 Å². The number of aryl methyl sites for hydroxylation is 1. The molecule has 0 amide bonds. The second-order valence-corrected chi connectivity index (χ2v) is 4.28. The summed E-state index contributed by atoms with van der Waals surface area (Å²) in [5.41, 5.74) is 1.08. The number of aromatic nitrogens is 4. The summed E-state index contributed by atoms with van der Waals surface area (Å²) < 4.78 is 0. The van der Waals surface area contributed by atoms with Crippen LogP contribution >= 0.6 is 11.8 Å². The van der Waals surface area contributed by atoms with Crippen molar-refractivity contribution in [3.63, 3.8) is 0 Å². The van der Waals surface area contributed by atoms with Gasteiger partial charge < -0.3 is 10.1 Å². The summed E-state index contributed by atoms with van der Waals surface area (Å²) in [6, 6.07) is 1.42. The van der Waals surface area contributed by atoms with Crippen molar-refractivity contribution in [3.05, 3.63) is 40.1 Å². The minimum Gasteiger partial charge on any atom is -0.392 e. The van der Waals surface area contributed by atoms with Gasteiger partial charge in [0.2, 0.25) is 0 Å². The number of rotatable bonds is 3. The van der Waals surface area contributed by atoms with Gasteiger partial charge in [-0.15, -0.1) is 0 Å². The molecule has 0 aliphatic heterocycles. The van der Waals surface area contributed by atoms with Gasteiger partial charge in [-0.05, 0) is 18.7 Å². The average molecular weight is 250 g/mol. The number of nitrogens with one attached hydrogen (secondary N) is 1. The summed E-state index contributed by atoms with van der Waals surface area (Å²) in [5.74, 6) is 0. The van der Waals surface area contributed by atoms with E-state index in [-0.39, 0.29) is 12.2 Å². The number of aliphatic hydroxyl groups excluding tert-OH is 1. The van der Waals surface area contributed by atoms with E-state index in [1.165, 1.54) is 18.5 Å². The van der Waals surface area contributed by atoms with E-state index < -0.39 is 0 Å². The van der Waals surface area contributed by atoms with Crippen molar-refractivity contribution in [3.8, 4) is 0 Å². The Labute approximate surface area is 101 Å². The van der Waals surface area contributed by atoms with Crippen molar-refractivity contribution in [1.29, 1.82) is 0 Å². The summed E-state index contributed by atoms with van der Waals surface area (Å²) in [6.45, 7) is 1.65. The smallest absolute Gasteiger partial charge is 0.251 e. The zero-order valence-electron chi connectivity index (χ0n) is 9.04. The van der Waals surface area contributed by atoms with Gasteiger partial charge in [-0.25, -0.2) is 15.0 Å². The summed E-state index contributed by atoms with van der Waals surface area (Å²) >= 11 is 1.16. The maximum absolute atomic E-state index is 11.2. The Bertz CT molecular complexity index is 567. The summed E-state index contributed by atoms with van der Waals surface area (Å²) in [4.78, 5) is 26.0. The summed E-state index contributed by atoms with van der Waals surface area (Å²) in [6.07, 6.45) is 3.06. The number of nitrogens with zero attached hydrogens (tertiary/aromatic N) is 3. The molecule has 0 unspecified atom stereocenters. The fourth-order valence-electron chi connectivity index (χ4n) is 1.16. The number of hydrogen-bond acceptors (Lipinski definition) is 6. The number of hydrogen-bond donors (Lipinski definition) is 2. The fraction of sp³-hybridized carbons (Fsp3) is 0.200. The first-order chi connectivity index (χ1) is 8.17. The molecule has 88 valence electrons. The highest BCUT2D eigenvalue weighted by Gasteiger charge is 2.04. The van der Waals surface area contributed by atoms with Crippen LogP contribution in [0.5, 0.6) is 0 Å². The summed E-state index contributed by atoms with van der Waals surface area (Å²) in [5, 5.41) is 9.76. The Hall–Kier alpha value is -1.73. The van der Waals surface area contributed by atoms with Crippen molar-refractivity contribution in [2.45, 2.75) is 23.8 Å². The highest BCUT2D eigenvalue weighted by molar-refractivity contribution is 7.99. The second-order valence-electron chi connectivity index (χ2n) is 3.33. The van der Waals surface area contributed by atoms with E-state index in [0.717, 1.165) is 11.8 Å². The van der Waals surface area contributed by atoms with Crippen LogP contribution in [-0.2, 0) is 6.61 Å². The lowest BCUT2D eigenvalue weighted by Crippen LogP contribution is -2.08. The highest BCUT2D eigenvalue weighted by Crippen LogP contribution is 2.19. The quantitative estimate of drug-likeness (QED) is 0.771. The molecule has 2 aromatic rings. The van der Waals surface area contributed by atoms with Crippen molar-refractivity contribution in [2.24, 2.45) is 0 Å². The van der Waals surface area contributed by atoms with Gasteiger partial charge in [-0.2, -0.15) is 0 Å². The molecule has 0 aromatic carbocycles. The molecule has 2 heterocycles. The molecule has 7 heteroatoms. The molecule has 2 rings (SSSR count). The van der Waals surface area contributed by atoms with Crippen LogP contribution in [0.25, 0.3) is 0 Å². The molecule has 0 fully saturated rings. The zero-order chi connectivity index (χ0) is 12.3. The fourth-order valence-corrected chi connectivity index (χ4v) is 1.89. The Balaban J connectivity index is 2.22. The molecule has 0 radical (unpaired) electrons. The topological polar surface area (TPSA) is 91.8 Å². The van der Waals surface area contributed by atoms with Gasteiger partial charge in [0.1, 0.15) is 0 Å². The van der Waals surface area contributed by atoms with Crippen LogP contribution in [0.4, 0.5) is 0 Å². The van der Waals surface area contributed by atoms with Gasteiger partial charge in [-0.3, -0.25) is 4.79 Å². The monoisotopic (exact) mass is 250 g/mol. The van der Waals surface area contributed by atoms with E-state index >= 15 is 0 Å². The van der Waals surface area contributed by atoms with Gasteiger partial charge >= 0.3 is 0 Å². The van der Waals surface area contributed by atoms with Crippen LogP contribution in [0.3, 0.4) is 0 Å². The van der Waals surface area contributed by atoms with Crippen LogP contribution in [0, 0.1) is 6.92 Å². The van der Waals surface area contributed by atoms with Gasteiger partial charge in [-0.1, -0.05) is 0 Å². The molecule has 2 aromatic heterocycles. The van der Waals surface area contributed by atoms with Crippen molar-refractivity contribution < 1.29 is 5.11 Å². The number of aliphatic hydroxyl groups is 1. The van der Waals surface area contributed by atoms with E-state index in [2.05, 4.69) is 19.9 Å². The third-order valence-corrected chi connectivity index (χ3v) is 2.68. The Morgan fingerprint density at radius 1 is 1.41 bits per heavy atom. The molecular weight excluding hydrogens is 240 g/mol. The molecule has 0 saturated heterocycles. The molecule has 2 N–H and O–H groups in total. The van der Waals surface area contributed by atoms with Crippen molar-refractivity contribution >= 4 is 11.8 Å². The van der Waals surface area contributed by atoms with Crippen LogP contribution in [0.15, 0.2) is 33.6 Å². The SMILES string of the molecule is Cc1cc(=O)[nH]c(Sc2ncc(CO)cn2)n1. The Kier molecular flexibility index (Phi) is 3.50. The maximum atomic E-state index is 11.2. The lowest BCUT2D eigenvalue weighted by atomic mass is 10.4. The number of H-pyrrole nitrogens is 1. The predicted molar refractivity (Wildman–Crippen MR) is 61.7 cm³/mol. The first kappa shape index (κ1) is 11.7. The van der Waals surface area contributed by atoms with E-state index in [0.29, 0.717) is 21.6 Å². The molecule has 0 atom stereocenters. The van der Waals surface area contributed by atoms with Gasteiger partial charge in [0, 0.05) is 29.7 Å². The van der Waals surface area contributed by atoms with E-state index in [4.69, 9.17) is 5.11 Å². The molecule has 0 aliphatic rings. The van der Waals surface area contributed by atoms with Crippen LogP contribution in [-0.4, -0.2) is 25.0 Å². The van der Waals surface area contributed by atoms with Crippen molar-refractivity contribution in [2.75, 3.05) is 0 Å². The van der Waals surface area contributed by atoms with E-state index in [9.17, 15) is 4.79 Å². The number of aromatic amines is 1. The first-order valence-electron chi connectivity index (χ1n) is 4.85. The third kappa shape index (κ3) is 3.11. The van der Waals surface area contributed by atoms with Gasteiger partial charge in [0.15, 0.2) is 10.3 Å². The molecule has 6 nitrogen and oxygen atoms in total. The largest absolute Gasteiger partial charge is 0.392 e. The third-order valence-electron chi connectivity index (χ3n) is 1.90. The van der Waals surface area contributed by atoms with Gasteiger partial charge in [0.05, 0.1) is 6.61 Å². The lowest BCUT2D eigenvalue weighted by molar-refractivity contribution is 0.280. The molecular formula is C10H10N4O2S. The maximum Gasteiger partial charge on any atom is 0.251 e. The Morgan fingerprint density at radius 3 is 2.71 bits per heavy atom.